The van der Waals surface area contributed by atoms with Crippen LogP contribution in [0.1, 0.15) is 18.4 Å². The van der Waals surface area contributed by atoms with Gasteiger partial charge in [-0.3, -0.25) is 4.98 Å². The highest BCUT2D eigenvalue weighted by Gasteiger charge is 2.23. The van der Waals surface area contributed by atoms with Crippen LogP contribution in [0.3, 0.4) is 0 Å². The Morgan fingerprint density at radius 2 is 2.00 bits per heavy atom. The van der Waals surface area contributed by atoms with E-state index in [1.165, 1.54) is 10.3 Å². The van der Waals surface area contributed by atoms with E-state index in [0.717, 1.165) is 49.6 Å². The average Bonchev–Trinajstić information content (AvgIpc) is 3.03. The quantitative estimate of drug-likeness (QED) is 0.725. The van der Waals surface area contributed by atoms with E-state index in [0.29, 0.717) is 5.92 Å². The van der Waals surface area contributed by atoms with Gasteiger partial charge in [-0.1, -0.05) is 0 Å². The van der Waals surface area contributed by atoms with Gasteiger partial charge in [0.25, 0.3) is 0 Å². The van der Waals surface area contributed by atoms with E-state index in [9.17, 15) is 0 Å². The summed E-state index contributed by atoms with van der Waals surface area (Å²) in [5.41, 5.74) is 2.33. The van der Waals surface area contributed by atoms with Crippen molar-refractivity contribution in [2.75, 3.05) is 24.6 Å². The number of ether oxygens (including phenoxy) is 1. The summed E-state index contributed by atoms with van der Waals surface area (Å²) < 4.78 is 7.09. The topological polar surface area (TPSA) is 51.1 Å². The van der Waals surface area contributed by atoms with E-state index in [1.54, 1.807) is 30.1 Å². The van der Waals surface area contributed by atoms with Gasteiger partial charge in [-0.2, -0.15) is 0 Å². The van der Waals surface area contributed by atoms with E-state index in [1.807, 2.05) is 12.1 Å². The number of aromatic nitrogens is 3. The maximum absolute atomic E-state index is 5.88. The summed E-state index contributed by atoms with van der Waals surface area (Å²) in [5.74, 6) is 2.59. The lowest BCUT2D eigenvalue weighted by molar-refractivity contribution is 0.222. The van der Waals surface area contributed by atoms with Crippen molar-refractivity contribution in [3.05, 3.63) is 41.8 Å². The molecule has 0 saturated carbocycles. The van der Waals surface area contributed by atoms with Crippen molar-refractivity contribution >= 4 is 27.4 Å². The van der Waals surface area contributed by atoms with Crippen LogP contribution in [0.25, 0.3) is 10.2 Å². The summed E-state index contributed by atoms with van der Waals surface area (Å²) in [6.45, 7) is 4.92. The van der Waals surface area contributed by atoms with Gasteiger partial charge in [0.2, 0.25) is 0 Å². The Labute approximate surface area is 145 Å². The van der Waals surface area contributed by atoms with Gasteiger partial charge in [-0.25, -0.2) is 9.97 Å². The molecule has 124 valence electrons. The van der Waals surface area contributed by atoms with Crippen molar-refractivity contribution in [3.63, 3.8) is 0 Å². The number of fused-ring (bicyclic) bond motifs is 1. The molecule has 0 spiro atoms. The molecule has 6 heteroatoms. The molecular formula is C18H20N4OS. The Hall–Kier alpha value is -2.21. The molecule has 5 nitrogen and oxygen atoms in total. The normalized spacial score (nSPS) is 15.8. The summed E-state index contributed by atoms with van der Waals surface area (Å²) in [7, 11) is 0. The molecule has 3 aromatic rings. The molecule has 0 amide bonds. The van der Waals surface area contributed by atoms with Crippen LogP contribution in [0.4, 0.5) is 5.82 Å². The Balaban J connectivity index is 1.39. The van der Waals surface area contributed by atoms with Crippen LogP contribution < -0.4 is 9.64 Å². The van der Waals surface area contributed by atoms with Crippen molar-refractivity contribution in [1.82, 2.24) is 15.0 Å². The molecule has 0 atom stereocenters. The Morgan fingerprint density at radius 1 is 1.21 bits per heavy atom. The van der Waals surface area contributed by atoms with Crippen molar-refractivity contribution in [3.8, 4) is 5.75 Å². The third kappa shape index (κ3) is 3.06. The van der Waals surface area contributed by atoms with Crippen molar-refractivity contribution in [2.45, 2.75) is 19.8 Å². The zero-order chi connectivity index (χ0) is 16.4. The predicted molar refractivity (Wildman–Crippen MR) is 96.8 cm³/mol. The fraction of sp³-hybridized carbons (Fsp3) is 0.389. The third-order valence-corrected chi connectivity index (χ3v) is 5.64. The highest BCUT2D eigenvalue weighted by Crippen LogP contribution is 2.32. The highest BCUT2D eigenvalue weighted by molar-refractivity contribution is 7.18. The fourth-order valence-corrected chi connectivity index (χ4v) is 4.16. The van der Waals surface area contributed by atoms with Gasteiger partial charge >= 0.3 is 0 Å². The summed E-state index contributed by atoms with van der Waals surface area (Å²) in [4.78, 5) is 15.4. The minimum absolute atomic E-state index is 0.594. The number of aryl methyl sites for hydroxylation is 1. The number of anilines is 1. The molecule has 1 aliphatic rings. The Kier molecular flexibility index (Phi) is 4.30. The molecule has 0 N–H and O–H groups in total. The van der Waals surface area contributed by atoms with Crippen LogP contribution in [0, 0.1) is 12.8 Å². The van der Waals surface area contributed by atoms with Gasteiger partial charge in [-0.15, -0.1) is 11.3 Å². The number of pyridine rings is 1. The molecule has 1 aliphatic heterocycles. The second kappa shape index (κ2) is 6.73. The van der Waals surface area contributed by atoms with Crippen LogP contribution >= 0.6 is 11.3 Å². The first-order valence-corrected chi connectivity index (χ1v) is 9.16. The average molecular weight is 340 g/mol. The van der Waals surface area contributed by atoms with Gasteiger partial charge in [0.15, 0.2) is 0 Å². The van der Waals surface area contributed by atoms with Crippen LogP contribution in [0.15, 0.2) is 36.2 Å². The Bertz CT molecular complexity index is 812. The smallest absolute Gasteiger partial charge is 0.150 e. The lowest BCUT2D eigenvalue weighted by atomic mass is 9.98. The first kappa shape index (κ1) is 15.3. The number of hydrogen-bond donors (Lipinski definition) is 0. The number of thiophene rings is 1. The van der Waals surface area contributed by atoms with Crippen LogP contribution in [0.2, 0.25) is 0 Å². The van der Waals surface area contributed by atoms with Crippen LogP contribution in [-0.4, -0.2) is 34.6 Å². The van der Waals surface area contributed by atoms with Gasteiger partial charge in [0.1, 0.15) is 17.9 Å². The number of piperidine rings is 1. The predicted octanol–water partition coefficient (Wildman–Crippen LogP) is 3.69. The van der Waals surface area contributed by atoms with Crippen molar-refractivity contribution < 1.29 is 4.74 Å². The van der Waals surface area contributed by atoms with E-state index < -0.39 is 0 Å². The number of hydrogen-bond acceptors (Lipinski definition) is 6. The van der Waals surface area contributed by atoms with Gasteiger partial charge in [0.05, 0.1) is 16.8 Å². The molecule has 1 fully saturated rings. The van der Waals surface area contributed by atoms with E-state index >= 15 is 0 Å². The SMILES string of the molecule is Cc1csc2c(N3CCC(COc4ccncc4)CC3)ncnc12. The molecule has 4 heterocycles. The third-order valence-electron chi connectivity index (χ3n) is 4.56. The zero-order valence-electron chi connectivity index (χ0n) is 13.7. The van der Waals surface area contributed by atoms with Crippen molar-refractivity contribution in [1.29, 1.82) is 0 Å². The maximum Gasteiger partial charge on any atom is 0.150 e. The van der Waals surface area contributed by atoms with Gasteiger partial charge in [0, 0.05) is 25.5 Å². The summed E-state index contributed by atoms with van der Waals surface area (Å²) >= 11 is 1.75. The molecule has 3 aromatic heterocycles. The monoisotopic (exact) mass is 340 g/mol. The van der Waals surface area contributed by atoms with Gasteiger partial charge in [-0.05, 0) is 48.8 Å². The number of rotatable bonds is 4. The molecule has 4 rings (SSSR count). The second-order valence-electron chi connectivity index (χ2n) is 6.22. The standard InChI is InChI=1S/C18H20N4OS/c1-13-11-24-17-16(13)20-12-21-18(17)22-8-4-14(5-9-22)10-23-15-2-6-19-7-3-15/h2-3,6-7,11-12,14H,4-5,8-10H2,1H3. The Morgan fingerprint density at radius 3 is 2.79 bits per heavy atom. The number of nitrogens with zero attached hydrogens (tertiary/aromatic N) is 4. The molecule has 1 saturated heterocycles. The first-order chi connectivity index (χ1) is 11.8. The molecule has 0 unspecified atom stereocenters. The fourth-order valence-electron chi connectivity index (χ4n) is 3.14. The maximum atomic E-state index is 5.88. The summed E-state index contributed by atoms with van der Waals surface area (Å²) in [5, 5.41) is 2.16. The van der Waals surface area contributed by atoms with Crippen LogP contribution in [0.5, 0.6) is 5.75 Å². The molecule has 0 aliphatic carbocycles. The highest BCUT2D eigenvalue weighted by atomic mass is 32.1. The largest absolute Gasteiger partial charge is 0.493 e. The van der Waals surface area contributed by atoms with E-state index in [-0.39, 0.29) is 0 Å². The zero-order valence-corrected chi connectivity index (χ0v) is 14.5. The minimum atomic E-state index is 0.594. The lowest BCUT2D eigenvalue weighted by Gasteiger charge is -2.32. The van der Waals surface area contributed by atoms with Gasteiger partial charge < -0.3 is 9.64 Å². The lowest BCUT2D eigenvalue weighted by Crippen LogP contribution is -2.36. The summed E-state index contributed by atoms with van der Waals surface area (Å²) in [6, 6.07) is 3.82. The van der Waals surface area contributed by atoms with Crippen LogP contribution in [-0.2, 0) is 0 Å². The first-order valence-electron chi connectivity index (χ1n) is 8.28. The molecule has 24 heavy (non-hydrogen) atoms. The van der Waals surface area contributed by atoms with E-state index in [2.05, 4.69) is 32.2 Å². The molecule has 0 aromatic carbocycles. The summed E-state index contributed by atoms with van der Waals surface area (Å²) in [6.07, 6.45) is 7.47. The molecule has 0 radical (unpaired) electrons. The molecular weight excluding hydrogens is 320 g/mol. The minimum Gasteiger partial charge on any atom is -0.493 e. The molecule has 0 bridgehead atoms. The van der Waals surface area contributed by atoms with Crippen molar-refractivity contribution in [2.24, 2.45) is 5.92 Å². The second-order valence-corrected chi connectivity index (χ2v) is 7.10. The van der Waals surface area contributed by atoms with E-state index in [4.69, 9.17) is 4.74 Å².